The van der Waals surface area contributed by atoms with Gasteiger partial charge < -0.3 is 14.9 Å². The molecular formula is C32H36FN7O3. The van der Waals surface area contributed by atoms with Crippen LogP contribution in [0.5, 0.6) is 0 Å². The smallest absolute Gasteiger partial charge is 0.264 e. The number of amides is 1. The third-order valence-corrected chi connectivity index (χ3v) is 9.39. The van der Waals surface area contributed by atoms with Gasteiger partial charge in [-0.3, -0.25) is 19.1 Å². The molecule has 224 valence electrons. The Bertz CT molecular complexity index is 1680. The fourth-order valence-corrected chi connectivity index (χ4v) is 6.82. The number of aromatic nitrogens is 4. The molecule has 1 atom stereocenters. The van der Waals surface area contributed by atoms with Gasteiger partial charge in [0.25, 0.3) is 11.5 Å². The van der Waals surface area contributed by atoms with E-state index in [0.717, 1.165) is 25.3 Å². The van der Waals surface area contributed by atoms with Crippen molar-refractivity contribution in [3.63, 3.8) is 0 Å². The summed E-state index contributed by atoms with van der Waals surface area (Å²) >= 11 is 0. The highest BCUT2D eigenvalue weighted by Crippen LogP contribution is 2.28. The number of benzene rings is 2. The second kappa shape index (κ2) is 11.2. The van der Waals surface area contributed by atoms with Gasteiger partial charge in [0.05, 0.1) is 24.0 Å². The molecule has 11 heteroatoms. The summed E-state index contributed by atoms with van der Waals surface area (Å²) in [4.78, 5) is 37.8. The van der Waals surface area contributed by atoms with Gasteiger partial charge in [-0.2, -0.15) is 5.10 Å². The molecule has 1 unspecified atom stereocenters. The summed E-state index contributed by atoms with van der Waals surface area (Å²) in [5.74, 6) is -0.406. The van der Waals surface area contributed by atoms with E-state index in [1.54, 1.807) is 17.0 Å². The molecule has 7 rings (SSSR count). The number of nitrogens with zero attached hydrogens (tertiary/aromatic N) is 7. The Hall–Kier alpha value is -4.09. The second-order valence-corrected chi connectivity index (χ2v) is 12.1. The van der Waals surface area contributed by atoms with Crippen molar-refractivity contribution < 1.29 is 14.3 Å². The van der Waals surface area contributed by atoms with Crippen LogP contribution in [0.25, 0.3) is 16.7 Å². The van der Waals surface area contributed by atoms with Crippen molar-refractivity contribution in [1.29, 1.82) is 0 Å². The zero-order valence-corrected chi connectivity index (χ0v) is 24.1. The molecule has 1 N–H and O–H groups in total. The fraction of sp³-hybridized carbons (Fsp3) is 0.438. The van der Waals surface area contributed by atoms with Crippen LogP contribution in [0.4, 0.5) is 10.1 Å². The lowest BCUT2D eigenvalue weighted by Gasteiger charge is -2.45. The third-order valence-electron chi connectivity index (χ3n) is 9.39. The molecule has 3 saturated heterocycles. The van der Waals surface area contributed by atoms with Gasteiger partial charge in [0.1, 0.15) is 17.5 Å². The lowest BCUT2D eigenvalue weighted by molar-refractivity contribution is -0.0299. The van der Waals surface area contributed by atoms with Crippen LogP contribution in [0.15, 0.2) is 65.8 Å². The van der Waals surface area contributed by atoms with Crippen molar-refractivity contribution >= 4 is 22.6 Å². The van der Waals surface area contributed by atoms with Crippen molar-refractivity contribution in [1.82, 2.24) is 29.1 Å². The molecule has 0 spiro atoms. The van der Waals surface area contributed by atoms with Crippen LogP contribution in [-0.4, -0.2) is 91.1 Å². The standard InChI is InChI=1S/C32H36FN7O3/c33-24-6-10-26(11-7-24)40-29-28(19-35-40)31(42)39(22-34-29)21-32(43)12-15-37(16-13-32)30(41)23-4-8-25(9-5-23)38-18-17-36-14-2-1-3-27(36)20-38/h4-11,19,22,27,43H,1-3,12-18,20-21H2. The van der Waals surface area contributed by atoms with Crippen molar-refractivity contribution in [3.8, 4) is 5.69 Å². The molecule has 3 aliphatic rings. The molecule has 10 nitrogen and oxygen atoms in total. The molecular weight excluding hydrogens is 549 g/mol. The van der Waals surface area contributed by atoms with E-state index in [1.807, 2.05) is 12.1 Å². The number of hydrogen-bond acceptors (Lipinski definition) is 7. The van der Waals surface area contributed by atoms with Crippen molar-refractivity contribution in [2.75, 3.05) is 44.2 Å². The summed E-state index contributed by atoms with van der Waals surface area (Å²) in [6, 6.07) is 14.4. The quantitative estimate of drug-likeness (QED) is 0.384. The minimum atomic E-state index is -1.14. The average molecular weight is 586 g/mol. The van der Waals surface area contributed by atoms with E-state index in [0.29, 0.717) is 54.3 Å². The maximum absolute atomic E-state index is 13.3. The lowest BCUT2D eigenvalue weighted by atomic mass is 9.91. The largest absolute Gasteiger partial charge is 0.388 e. The molecule has 3 aliphatic heterocycles. The zero-order chi connectivity index (χ0) is 29.6. The molecule has 0 bridgehead atoms. The van der Waals surface area contributed by atoms with E-state index in [9.17, 15) is 19.1 Å². The topological polar surface area (TPSA) is 99.7 Å². The molecule has 2 aromatic carbocycles. The van der Waals surface area contributed by atoms with E-state index in [1.165, 1.54) is 59.7 Å². The average Bonchev–Trinajstić information content (AvgIpc) is 3.47. The Labute approximate surface area is 249 Å². The van der Waals surface area contributed by atoms with Crippen molar-refractivity contribution in [2.24, 2.45) is 0 Å². The summed E-state index contributed by atoms with van der Waals surface area (Å²) in [5, 5.41) is 16.0. The molecule has 1 amide bonds. The Morgan fingerprint density at radius 3 is 2.47 bits per heavy atom. The zero-order valence-electron chi connectivity index (χ0n) is 24.1. The summed E-state index contributed by atoms with van der Waals surface area (Å²) < 4.78 is 16.2. The first kappa shape index (κ1) is 27.7. The summed E-state index contributed by atoms with van der Waals surface area (Å²) in [7, 11) is 0. The van der Waals surface area contributed by atoms with E-state index in [4.69, 9.17) is 0 Å². The normalized spacial score (nSPS) is 20.7. The maximum atomic E-state index is 13.3. The monoisotopic (exact) mass is 585 g/mol. The Morgan fingerprint density at radius 2 is 1.70 bits per heavy atom. The number of rotatable bonds is 5. The number of halogens is 1. The number of hydrogen-bond donors (Lipinski definition) is 1. The molecule has 5 heterocycles. The van der Waals surface area contributed by atoms with Crippen LogP contribution in [-0.2, 0) is 6.54 Å². The van der Waals surface area contributed by atoms with Crippen molar-refractivity contribution in [2.45, 2.75) is 50.3 Å². The Balaban J connectivity index is 0.981. The van der Waals surface area contributed by atoms with Crippen LogP contribution in [0.2, 0.25) is 0 Å². The Morgan fingerprint density at radius 1 is 0.953 bits per heavy atom. The maximum Gasteiger partial charge on any atom is 0.264 e. The van der Waals surface area contributed by atoms with Gasteiger partial charge >= 0.3 is 0 Å². The third kappa shape index (κ3) is 5.43. The highest BCUT2D eigenvalue weighted by molar-refractivity contribution is 5.94. The van der Waals surface area contributed by atoms with Crippen LogP contribution in [0, 0.1) is 5.82 Å². The minimum Gasteiger partial charge on any atom is -0.388 e. The number of piperazine rings is 1. The molecule has 0 radical (unpaired) electrons. The van der Waals surface area contributed by atoms with E-state index in [2.05, 4.69) is 32.0 Å². The Kier molecular flexibility index (Phi) is 7.22. The number of fused-ring (bicyclic) bond motifs is 2. The fourth-order valence-electron chi connectivity index (χ4n) is 6.82. The highest BCUT2D eigenvalue weighted by Gasteiger charge is 2.35. The van der Waals surface area contributed by atoms with Gasteiger partial charge in [-0.1, -0.05) is 6.42 Å². The number of carbonyl (C=O) groups excluding carboxylic acids is 1. The first-order chi connectivity index (χ1) is 20.9. The van der Waals surface area contributed by atoms with Crippen LogP contribution in [0.1, 0.15) is 42.5 Å². The number of carbonyl (C=O) groups is 1. The van der Waals surface area contributed by atoms with Gasteiger partial charge in [0, 0.05) is 50.0 Å². The molecule has 2 aromatic heterocycles. The predicted octanol–water partition coefficient (Wildman–Crippen LogP) is 3.06. The first-order valence-corrected chi connectivity index (χ1v) is 15.2. The van der Waals surface area contributed by atoms with Gasteiger partial charge in [-0.05, 0) is 80.8 Å². The van der Waals surface area contributed by atoms with Gasteiger partial charge in [-0.15, -0.1) is 0 Å². The molecule has 3 fully saturated rings. The van der Waals surface area contributed by atoms with Gasteiger partial charge in [-0.25, -0.2) is 14.1 Å². The molecule has 4 aromatic rings. The summed E-state index contributed by atoms with van der Waals surface area (Å²) in [6.45, 7) is 5.22. The molecule has 0 saturated carbocycles. The molecule has 0 aliphatic carbocycles. The lowest BCUT2D eigenvalue weighted by Crippen LogP contribution is -2.54. The highest BCUT2D eigenvalue weighted by atomic mass is 19.1. The number of piperidine rings is 2. The van der Waals surface area contributed by atoms with Gasteiger partial charge in [0.2, 0.25) is 0 Å². The SMILES string of the molecule is O=C(c1ccc(N2CCN3CCCCC3C2)cc1)N1CCC(O)(Cn2cnc3c(cnn3-c3ccc(F)cc3)c2=O)CC1. The minimum absolute atomic E-state index is 0.0424. The number of aliphatic hydroxyl groups is 1. The van der Waals surface area contributed by atoms with Gasteiger partial charge in [0.15, 0.2) is 5.65 Å². The summed E-state index contributed by atoms with van der Waals surface area (Å²) in [6.07, 6.45) is 7.43. The van der Waals surface area contributed by atoms with E-state index >= 15 is 0 Å². The van der Waals surface area contributed by atoms with E-state index in [-0.39, 0.29) is 23.8 Å². The van der Waals surface area contributed by atoms with E-state index < -0.39 is 5.60 Å². The van der Waals surface area contributed by atoms with Crippen LogP contribution < -0.4 is 10.5 Å². The predicted molar refractivity (Wildman–Crippen MR) is 161 cm³/mol. The number of anilines is 1. The summed E-state index contributed by atoms with van der Waals surface area (Å²) in [5.41, 5.74) is 1.31. The molecule has 43 heavy (non-hydrogen) atoms. The van der Waals surface area contributed by atoms with Crippen molar-refractivity contribution in [3.05, 3.63) is 82.8 Å². The van der Waals surface area contributed by atoms with Crippen LogP contribution in [0.3, 0.4) is 0 Å². The first-order valence-electron chi connectivity index (χ1n) is 15.2. The van der Waals surface area contributed by atoms with Crippen LogP contribution >= 0.6 is 0 Å². The second-order valence-electron chi connectivity index (χ2n) is 12.1. The number of likely N-dealkylation sites (tertiary alicyclic amines) is 1.